The van der Waals surface area contributed by atoms with Crippen molar-refractivity contribution in [1.29, 1.82) is 0 Å². The molecule has 2 amide bonds. The van der Waals surface area contributed by atoms with Gasteiger partial charge in [-0.05, 0) is 25.8 Å². The van der Waals surface area contributed by atoms with Gasteiger partial charge >= 0.3 is 11.8 Å². The zero-order valence-corrected chi connectivity index (χ0v) is 11.4. The Morgan fingerprint density at radius 1 is 1.26 bits per heavy atom. The van der Waals surface area contributed by atoms with Crippen molar-refractivity contribution < 1.29 is 9.59 Å². The van der Waals surface area contributed by atoms with Gasteiger partial charge in [-0.15, -0.1) is 0 Å². The Kier molecular flexibility index (Phi) is 5.73. The van der Waals surface area contributed by atoms with E-state index in [1.807, 2.05) is 45.0 Å². The number of aryl methyl sites for hydroxylation is 1. The average Bonchev–Trinajstić information content (AvgIpc) is 2.40. The van der Waals surface area contributed by atoms with E-state index in [1.165, 1.54) is 6.21 Å². The molecule has 0 fully saturated rings. The van der Waals surface area contributed by atoms with Crippen LogP contribution in [0.25, 0.3) is 0 Å². The molecule has 0 aromatic heterocycles. The molecule has 0 spiro atoms. The summed E-state index contributed by atoms with van der Waals surface area (Å²) in [6.07, 6.45) is 2.26. The van der Waals surface area contributed by atoms with Gasteiger partial charge in [0, 0.05) is 6.04 Å². The summed E-state index contributed by atoms with van der Waals surface area (Å²) in [5.41, 5.74) is 4.20. The van der Waals surface area contributed by atoms with Crippen LogP contribution in [-0.4, -0.2) is 24.1 Å². The number of nitrogens with zero attached hydrogens (tertiary/aromatic N) is 1. The lowest BCUT2D eigenvalue weighted by molar-refractivity contribution is -0.139. The zero-order valence-electron chi connectivity index (χ0n) is 11.4. The van der Waals surface area contributed by atoms with Gasteiger partial charge in [0.05, 0.1) is 6.21 Å². The summed E-state index contributed by atoms with van der Waals surface area (Å²) < 4.78 is 0. The Morgan fingerprint density at radius 3 is 2.47 bits per heavy atom. The molecule has 0 bridgehead atoms. The largest absolute Gasteiger partial charge is 0.345 e. The van der Waals surface area contributed by atoms with Gasteiger partial charge in [0.2, 0.25) is 0 Å². The number of hydrogen-bond acceptors (Lipinski definition) is 3. The minimum absolute atomic E-state index is 0.0284. The highest BCUT2D eigenvalue weighted by molar-refractivity contribution is 6.35. The number of benzene rings is 1. The molecule has 1 atom stereocenters. The molecule has 0 aliphatic heterocycles. The highest BCUT2D eigenvalue weighted by atomic mass is 16.2. The van der Waals surface area contributed by atoms with E-state index in [2.05, 4.69) is 15.8 Å². The van der Waals surface area contributed by atoms with Crippen LogP contribution < -0.4 is 10.7 Å². The quantitative estimate of drug-likeness (QED) is 0.488. The first kappa shape index (κ1) is 14.9. The molecule has 1 aromatic rings. The predicted octanol–water partition coefficient (Wildman–Crippen LogP) is 1.36. The maximum atomic E-state index is 11.4. The van der Waals surface area contributed by atoms with E-state index in [0.29, 0.717) is 0 Å². The second-order valence-electron chi connectivity index (χ2n) is 4.39. The van der Waals surface area contributed by atoms with Gasteiger partial charge in [0.15, 0.2) is 0 Å². The summed E-state index contributed by atoms with van der Waals surface area (Å²) in [5, 5.41) is 6.30. The molecule has 0 heterocycles. The molecule has 5 heteroatoms. The van der Waals surface area contributed by atoms with Crippen LogP contribution in [0.1, 0.15) is 31.4 Å². The van der Waals surface area contributed by atoms with Crippen LogP contribution in [0.4, 0.5) is 0 Å². The minimum Gasteiger partial charge on any atom is -0.345 e. The monoisotopic (exact) mass is 261 g/mol. The Labute approximate surface area is 113 Å². The summed E-state index contributed by atoms with van der Waals surface area (Å²) >= 11 is 0. The lowest BCUT2D eigenvalue weighted by Crippen LogP contribution is -2.41. The fraction of sp³-hybridized carbons (Fsp3) is 0.357. The van der Waals surface area contributed by atoms with E-state index in [1.54, 1.807) is 0 Å². The van der Waals surface area contributed by atoms with Crippen molar-refractivity contribution in [2.75, 3.05) is 0 Å². The topological polar surface area (TPSA) is 70.6 Å². The standard InChI is InChI=1S/C14H19N3O2/c1-4-11(3)16-13(18)14(19)17-15-9-12-7-5-10(2)6-8-12/h5-9,11H,4H2,1-3H3,(H,16,18)(H,17,19)/b15-9-/t11-/m1/s1. The molecule has 2 N–H and O–H groups in total. The number of hydrogen-bond donors (Lipinski definition) is 2. The van der Waals surface area contributed by atoms with E-state index in [9.17, 15) is 9.59 Å². The van der Waals surface area contributed by atoms with Crippen molar-refractivity contribution in [2.24, 2.45) is 5.10 Å². The number of rotatable bonds is 4. The Bertz CT molecular complexity index is 466. The molecular formula is C14H19N3O2. The summed E-state index contributed by atoms with van der Waals surface area (Å²) in [6, 6.07) is 7.62. The second kappa shape index (κ2) is 7.31. The van der Waals surface area contributed by atoms with Gasteiger partial charge in [0.1, 0.15) is 0 Å². The SMILES string of the molecule is CC[C@@H](C)NC(=O)C(=O)N/N=C\c1ccc(C)cc1. The Balaban J connectivity index is 2.45. The molecule has 1 rings (SSSR count). The predicted molar refractivity (Wildman–Crippen MR) is 74.8 cm³/mol. The molecular weight excluding hydrogens is 242 g/mol. The molecule has 19 heavy (non-hydrogen) atoms. The van der Waals surface area contributed by atoms with Gasteiger partial charge in [-0.1, -0.05) is 36.8 Å². The van der Waals surface area contributed by atoms with E-state index in [-0.39, 0.29) is 6.04 Å². The molecule has 0 radical (unpaired) electrons. The molecule has 102 valence electrons. The maximum Gasteiger partial charge on any atom is 0.329 e. The first-order chi connectivity index (χ1) is 9.02. The smallest absolute Gasteiger partial charge is 0.329 e. The Morgan fingerprint density at radius 2 is 1.89 bits per heavy atom. The summed E-state index contributed by atoms with van der Waals surface area (Å²) in [5.74, 6) is -1.43. The number of amides is 2. The van der Waals surface area contributed by atoms with E-state index in [4.69, 9.17) is 0 Å². The fourth-order valence-corrected chi connectivity index (χ4v) is 1.26. The normalized spacial score (nSPS) is 12.2. The number of hydrazone groups is 1. The average molecular weight is 261 g/mol. The molecule has 0 aliphatic carbocycles. The van der Waals surface area contributed by atoms with Crippen LogP contribution >= 0.6 is 0 Å². The van der Waals surface area contributed by atoms with Gasteiger partial charge in [-0.25, -0.2) is 5.43 Å². The zero-order chi connectivity index (χ0) is 14.3. The van der Waals surface area contributed by atoms with Crippen molar-refractivity contribution in [1.82, 2.24) is 10.7 Å². The summed E-state index contributed by atoms with van der Waals surface area (Å²) in [6.45, 7) is 5.75. The lowest BCUT2D eigenvalue weighted by Gasteiger charge is -2.09. The number of carbonyl (C=O) groups is 2. The molecule has 5 nitrogen and oxygen atoms in total. The summed E-state index contributed by atoms with van der Waals surface area (Å²) in [4.78, 5) is 22.8. The Hall–Kier alpha value is -2.17. The van der Waals surface area contributed by atoms with Gasteiger partial charge in [-0.2, -0.15) is 5.10 Å². The van der Waals surface area contributed by atoms with Crippen molar-refractivity contribution in [2.45, 2.75) is 33.2 Å². The third-order valence-electron chi connectivity index (χ3n) is 2.65. The van der Waals surface area contributed by atoms with Crippen molar-refractivity contribution in [3.63, 3.8) is 0 Å². The van der Waals surface area contributed by atoms with Crippen LogP contribution in [-0.2, 0) is 9.59 Å². The van der Waals surface area contributed by atoms with Crippen LogP contribution in [0.5, 0.6) is 0 Å². The highest BCUT2D eigenvalue weighted by Gasteiger charge is 2.13. The van der Waals surface area contributed by atoms with Crippen molar-refractivity contribution in [3.05, 3.63) is 35.4 Å². The lowest BCUT2D eigenvalue weighted by atomic mass is 10.2. The first-order valence-electron chi connectivity index (χ1n) is 6.23. The third-order valence-corrected chi connectivity index (χ3v) is 2.65. The van der Waals surface area contributed by atoms with E-state index < -0.39 is 11.8 Å². The van der Waals surface area contributed by atoms with Gasteiger partial charge in [-0.3, -0.25) is 9.59 Å². The molecule has 1 aromatic carbocycles. The van der Waals surface area contributed by atoms with Gasteiger partial charge < -0.3 is 5.32 Å². The summed E-state index contributed by atoms with van der Waals surface area (Å²) in [7, 11) is 0. The molecule has 0 aliphatic rings. The van der Waals surface area contributed by atoms with Crippen LogP contribution in [0.3, 0.4) is 0 Å². The molecule has 0 saturated carbocycles. The molecule has 0 unspecified atom stereocenters. The third kappa shape index (κ3) is 5.33. The number of carbonyl (C=O) groups excluding carboxylic acids is 2. The number of nitrogens with one attached hydrogen (secondary N) is 2. The van der Waals surface area contributed by atoms with E-state index >= 15 is 0 Å². The van der Waals surface area contributed by atoms with Crippen molar-refractivity contribution >= 4 is 18.0 Å². The van der Waals surface area contributed by atoms with Gasteiger partial charge in [0.25, 0.3) is 0 Å². The van der Waals surface area contributed by atoms with Crippen molar-refractivity contribution in [3.8, 4) is 0 Å². The highest BCUT2D eigenvalue weighted by Crippen LogP contribution is 1.99. The minimum atomic E-state index is -0.760. The maximum absolute atomic E-state index is 11.4. The second-order valence-corrected chi connectivity index (χ2v) is 4.39. The van der Waals surface area contributed by atoms with Crippen LogP contribution in [0.15, 0.2) is 29.4 Å². The molecule has 0 saturated heterocycles. The van der Waals surface area contributed by atoms with E-state index in [0.717, 1.165) is 17.5 Å². The van der Waals surface area contributed by atoms with Crippen LogP contribution in [0.2, 0.25) is 0 Å². The fourth-order valence-electron chi connectivity index (χ4n) is 1.26. The van der Waals surface area contributed by atoms with Crippen LogP contribution in [0, 0.1) is 6.92 Å². The first-order valence-corrected chi connectivity index (χ1v) is 6.23.